The van der Waals surface area contributed by atoms with Crippen LogP contribution in [0.4, 0.5) is 4.39 Å². The highest BCUT2D eigenvalue weighted by atomic mass is 32.2. The molecule has 1 aromatic rings. The number of nitrogens with one attached hydrogen (secondary N) is 1. The minimum absolute atomic E-state index is 0.00296. The third-order valence-electron chi connectivity index (χ3n) is 2.78. The third-order valence-corrected chi connectivity index (χ3v) is 3.87. The predicted octanol–water partition coefficient (Wildman–Crippen LogP) is -0.0491. The number of hydrogen-bond acceptors (Lipinski definition) is 6. The normalized spacial score (nSPS) is 18.1. The van der Waals surface area contributed by atoms with Crippen LogP contribution in [-0.2, 0) is 9.84 Å². The Morgan fingerprint density at radius 1 is 1.50 bits per heavy atom. The highest BCUT2D eigenvalue weighted by molar-refractivity contribution is 7.90. The lowest BCUT2D eigenvalue weighted by Gasteiger charge is -2.27. The van der Waals surface area contributed by atoms with E-state index in [4.69, 9.17) is 14.6 Å². The largest absolute Gasteiger partial charge is 0.483 e. The van der Waals surface area contributed by atoms with Crippen molar-refractivity contribution < 1.29 is 27.4 Å². The Morgan fingerprint density at radius 2 is 2.25 bits per heavy atom. The van der Waals surface area contributed by atoms with Crippen molar-refractivity contribution in [3.05, 3.63) is 17.9 Å². The standard InChI is InChI=1S/C12H16FNO5S/c1-20(16,17)9-4-10(13)12-11(5-9)19-8(7-18-12)6-14-2-3-15/h4-5,8,14-15H,2-3,6-7H2,1H3. The molecular formula is C12H16FNO5S. The van der Waals surface area contributed by atoms with E-state index < -0.39 is 15.7 Å². The predicted molar refractivity (Wildman–Crippen MR) is 69.4 cm³/mol. The summed E-state index contributed by atoms with van der Waals surface area (Å²) in [6.45, 7) is 0.965. The first kappa shape index (κ1) is 15.0. The summed E-state index contributed by atoms with van der Waals surface area (Å²) in [5, 5.41) is 11.6. The summed E-state index contributed by atoms with van der Waals surface area (Å²) < 4.78 is 47.5. The molecule has 112 valence electrons. The summed E-state index contributed by atoms with van der Waals surface area (Å²) in [7, 11) is -3.52. The molecule has 6 nitrogen and oxygen atoms in total. The van der Waals surface area contributed by atoms with Crippen LogP contribution in [0, 0.1) is 5.82 Å². The molecule has 8 heteroatoms. The van der Waals surface area contributed by atoms with Crippen LogP contribution in [0.15, 0.2) is 17.0 Å². The van der Waals surface area contributed by atoms with Gasteiger partial charge in [0.15, 0.2) is 27.2 Å². The first-order chi connectivity index (χ1) is 9.41. The van der Waals surface area contributed by atoms with E-state index in [-0.39, 0.29) is 35.7 Å². The van der Waals surface area contributed by atoms with Gasteiger partial charge in [-0.05, 0) is 6.07 Å². The molecule has 1 aromatic carbocycles. The minimum Gasteiger partial charge on any atom is -0.483 e. The summed E-state index contributed by atoms with van der Waals surface area (Å²) >= 11 is 0. The molecule has 2 N–H and O–H groups in total. The van der Waals surface area contributed by atoms with E-state index in [1.807, 2.05) is 0 Å². The SMILES string of the molecule is CS(=O)(=O)c1cc(F)c2c(c1)OC(CNCCO)CO2. The molecule has 1 aliphatic rings. The lowest BCUT2D eigenvalue weighted by Crippen LogP contribution is -2.39. The highest BCUT2D eigenvalue weighted by Gasteiger charge is 2.26. The van der Waals surface area contributed by atoms with Gasteiger partial charge in [0.1, 0.15) is 12.7 Å². The van der Waals surface area contributed by atoms with Gasteiger partial charge >= 0.3 is 0 Å². The summed E-state index contributed by atoms with van der Waals surface area (Å²) in [4.78, 5) is -0.152. The fourth-order valence-electron chi connectivity index (χ4n) is 1.82. The quantitative estimate of drug-likeness (QED) is 0.742. The van der Waals surface area contributed by atoms with Gasteiger partial charge in [0.2, 0.25) is 0 Å². The van der Waals surface area contributed by atoms with Gasteiger partial charge in [0.25, 0.3) is 0 Å². The van der Waals surface area contributed by atoms with Gasteiger partial charge in [0.05, 0.1) is 11.5 Å². The molecule has 20 heavy (non-hydrogen) atoms. The van der Waals surface area contributed by atoms with Crippen LogP contribution in [0.3, 0.4) is 0 Å². The number of ether oxygens (including phenoxy) is 2. The van der Waals surface area contributed by atoms with E-state index >= 15 is 0 Å². The van der Waals surface area contributed by atoms with Crippen LogP contribution in [0.5, 0.6) is 11.5 Å². The number of rotatable bonds is 5. The second-order valence-electron chi connectivity index (χ2n) is 4.48. The maximum absolute atomic E-state index is 13.8. The van der Waals surface area contributed by atoms with Crippen LogP contribution in [-0.4, -0.2) is 52.2 Å². The minimum atomic E-state index is -3.52. The molecule has 2 rings (SSSR count). The fourth-order valence-corrected chi connectivity index (χ4v) is 2.46. The van der Waals surface area contributed by atoms with Crippen LogP contribution >= 0.6 is 0 Å². The molecule has 0 amide bonds. The van der Waals surface area contributed by atoms with Crippen LogP contribution < -0.4 is 14.8 Å². The number of benzene rings is 1. The van der Waals surface area contributed by atoms with E-state index in [0.717, 1.165) is 12.3 Å². The summed E-state index contributed by atoms with van der Waals surface area (Å²) in [6, 6.07) is 2.17. The Hall–Kier alpha value is -1.38. The van der Waals surface area contributed by atoms with Gasteiger partial charge in [-0.3, -0.25) is 0 Å². The van der Waals surface area contributed by atoms with Crippen molar-refractivity contribution in [2.75, 3.05) is 32.6 Å². The van der Waals surface area contributed by atoms with Gasteiger partial charge in [-0.25, -0.2) is 12.8 Å². The van der Waals surface area contributed by atoms with Crippen LogP contribution in [0.1, 0.15) is 0 Å². The second kappa shape index (κ2) is 5.94. The zero-order chi connectivity index (χ0) is 14.8. The Bertz CT molecular complexity index is 590. The van der Waals surface area contributed by atoms with E-state index in [1.54, 1.807) is 0 Å². The van der Waals surface area contributed by atoms with E-state index in [1.165, 1.54) is 6.07 Å². The lowest BCUT2D eigenvalue weighted by molar-refractivity contribution is 0.0848. The fraction of sp³-hybridized carbons (Fsp3) is 0.500. The van der Waals surface area contributed by atoms with Crippen molar-refractivity contribution in [3.8, 4) is 11.5 Å². The van der Waals surface area contributed by atoms with Gasteiger partial charge in [-0.1, -0.05) is 0 Å². The first-order valence-electron chi connectivity index (χ1n) is 6.06. The molecule has 0 aliphatic carbocycles. The van der Waals surface area contributed by atoms with E-state index in [2.05, 4.69) is 5.32 Å². The van der Waals surface area contributed by atoms with Crippen LogP contribution in [0.2, 0.25) is 0 Å². The van der Waals surface area contributed by atoms with Gasteiger partial charge < -0.3 is 19.9 Å². The Balaban J connectivity index is 2.20. The Labute approximate surface area is 116 Å². The molecule has 1 heterocycles. The lowest BCUT2D eigenvalue weighted by atomic mass is 10.2. The molecular weight excluding hydrogens is 289 g/mol. The molecule has 0 radical (unpaired) electrons. The van der Waals surface area contributed by atoms with Crippen molar-refractivity contribution in [3.63, 3.8) is 0 Å². The Morgan fingerprint density at radius 3 is 2.90 bits per heavy atom. The number of aliphatic hydroxyl groups is 1. The molecule has 1 aliphatic heterocycles. The maximum atomic E-state index is 13.8. The topological polar surface area (TPSA) is 84.9 Å². The molecule has 0 fully saturated rings. The van der Waals surface area contributed by atoms with E-state index in [9.17, 15) is 12.8 Å². The molecule has 1 atom stereocenters. The zero-order valence-electron chi connectivity index (χ0n) is 10.9. The number of fused-ring (bicyclic) bond motifs is 1. The maximum Gasteiger partial charge on any atom is 0.197 e. The second-order valence-corrected chi connectivity index (χ2v) is 6.50. The highest BCUT2D eigenvalue weighted by Crippen LogP contribution is 2.36. The van der Waals surface area contributed by atoms with Crippen molar-refractivity contribution in [1.29, 1.82) is 0 Å². The third kappa shape index (κ3) is 3.38. The molecule has 0 saturated heterocycles. The number of hydrogen-bond donors (Lipinski definition) is 2. The first-order valence-corrected chi connectivity index (χ1v) is 7.95. The molecule has 1 unspecified atom stereocenters. The summed E-state index contributed by atoms with van der Waals surface area (Å²) in [5.74, 6) is -0.757. The van der Waals surface area contributed by atoms with Gasteiger partial charge in [-0.2, -0.15) is 0 Å². The number of aliphatic hydroxyl groups excluding tert-OH is 1. The molecule has 0 saturated carbocycles. The molecule has 0 spiro atoms. The van der Waals surface area contributed by atoms with Gasteiger partial charge in [0, 0.05) is 25.4 Å². The average Bonchev–Trinajstić information content (AvgIpc) is 2.37. The molecule has 0 bridgehead atoms. The van der Waals surface area contributed by atoms with Crippen molar-refractivity contribution in [1.82, 2.24) is 5.32 Å². The van der Waals surface area contributed by atoms with Crippen molar-refractivity contribution in [2.45, 2.75) is 11.0 Å². The van der Waals surface area contributed by atoms with Crippen LogP contribution in [0.25, 0.3) is 0 Å². The van der Waals surface area contributed by atoms with Crippen molar-refractivity contribution in [2.24, 2.45) is 0 Å². The monoisotopic (exact) mass is 305 g/mol. The van der Waals surface area contributed by atoms with Crippen molar-refractivity contribution >= 4 is 9.84 Å². The number of sulfone groups is 1. The molecule has 0 aromatic heterocycles. The Kier molecular flexibility index (Phi) is 4.46. The average molecular weight is 305 g/mol. The van der Waals surface area contributed by atoms with E-state index in [0.29, 0.717) is 13.1 Å². The zero-order valence-corrected chi connectivity index (χ0v) is 11.7. The number of halogens is 1. The van der Waals surface area contributed by atoms with Gasteiger partial charge in [-0.15, -0.1) is 0 Å². The smallest absolute Gasteiger partial charge is 0.197 e. The summed E-state index contributed by atoms with van der Waals surface area (Å²) in [6.07, 6.45) is 0.626. The summed E-state index contributed by atoms with van der Waals surface area (Å²) in [5.41, 5.74) is 0.